The first-order valence-corrected chi connectivity index (χ1v) is 8.52. The van der Waals surface area contributed by atoms with Crippen molar-refractivity contribution in [3.63, 3.8) is 0 Å². The van der Waals surface area contributed by atoms with Crippen LogP contribution in [0, 0.1) is 0 Å². The molecule has 122 valence electrons. The van der Waals surface area contributed by atoms with E-state index >= 15 is 0 Å². The zero-order valence-electron chi connectivity index (χ0n) is 13.7. The van der Waals surface area contributed by atoms with Crippen molar-refractivity contribution < 1.29 is 9.53 Å². The van der Waals surface area contributed by atoms with E-state index in [1.54, 1.807) is 13.2 Å². The fraction of sp³-hybridized carbons (Fsp3) is 0.474. The number of hydrogen-bond acceptors (Lipinski definition) is 3. The molecule has 4 heteroatoms. The number of rotatable bonds is 3. The summed E-state index contributed by atoms with van der Waals surface area (Å²) in [5, 5.41) is 4.09. The Morgan fingerprint density at radius 2 is 1.83 bits per heavy atom. The molecule has 1 fully saturated rings. The third-order valence-corrected chi connectivity index (χ3v) is 4.57. The molecule has 3 rings (SSSR count). The Morgan fingerprint density at radius 1 is 1.13 bits per heavy atom. The number of fused-ring (bicyclic) bond motifs is 1. The minimum atomic E-state index is -0.0976. The largest absolute Gasteiger partial charge is 0.496 e. The Kier molecular flexibility index (Phi) is 5.11. The van der Waals surface area contributed by atoms with Crippen molar-refractivity contribution >= 4 is 16.8 Å². The number of aromatic nitrogens is 1. The average molecular weight is 312 g/mol. The zero-order chi connectivity index (χ0) is 16.1. The van der Waals surface area contributed by atoms with E-state index in [4.69, 9.17) is 4.74 Å². The molecule has 0 saturated heterocycles. The molecule has 0 aliphatic heterocycles. The van der Waals surface area contributed by atoms with Crippen LogP contribution < -0.4 is 10.1 Å². The summed E-state index contributed by atoms with van der Waals surface area (Å²) in [6.07, 6.45) is 8.39. The third kappa shape index (κ3) is 3.81. The van der Waals surface area contributed by atoms with E-state index in [2.05, 4.69) is 10.3 Å². The van der Waals surface area contributed by atoms with Gasteiger partial charge in [0, 0.05) is 17.5 Å². The van der Waals surface area contributed by atoms with Gasteiger partial charge in [0.25, 0.3) is 5.91 Å². The number of carbonyl (C=O) groups excluding carboxylic acids is 1. The number of amides is 1. The standard InChI is InChI=1S/C19H24N2O2/c1-23-18-13-17(21-16-12-8-7-11-15(16)18)19(22)20-14-9-5-3-2-4-6-10-14/h7-8,11-14H,2-6,9-10H2,1H3,(H,20,22). The normalized spacial score (nSPS) is 16.6. The Hall–Kier alpha value is -2.10. The number of ether oxygens (including phenoxy) is 1. The molecule has 0 spiro atoms. The lowest BCUT2D eigenvalue weighted by Crippen LogP contribution is -2.35. The Bertz CT molecular complexity index is 676. The molecule has 1 N–H and O–H groups in total. The molecule has 4 nitrogen and oxygen atoms in total. The molecule has 1 amide bonds. The molecule has 1 aliphatic carbocycles. The molecule has 2 aromatic rings. The number of nitrogens with zero attached hydrogens (tertiary/aromatic N) is 1. The second kappa shape index (κ2) is 7.44. The SMILES string of the molecule is COc1cc(C(=O)NC2CCCCCCC2)nc2ccccc12. The molecule has 23 heavy (non-hydrogen) atoms. The summed E-state index contributed by atoms with van der Waals surface area (Å²) < 4.78 is 5.42. The second-order valence-corrected chi connectivity index (χ2v) is 6.24. The van der Waals surface area contributed by atoms with Gasteiger partial charge in [-0.05, 0) is 25.0 Å². The van der Waals surface area contributed by atoms with Gasteiger partial charge in [0.15, 0.2) is 0 Å². The van der Waals surface area contributed by atoms with Crippen molar-refractivity contribution in [2.45, 2.75) is 51.0 Å². The molecular weight excluding hydrogens is 288 g/mol. The lowest BCUT2D eigenvalue weighted by atomic mass is 9.96. The summed E-state index contributed by atoms with van der Waals surface area (Å²) >= 11 is 0. The van der Waals surface area contributed by atoms with Gasteiger partial charge < -0.3 is 10.1 Å². The highest BCUT2D eigenvalue weighted by molar-refractivity contribution is 5.97. The summed E-state index contributed by atoms with van der Waals surface area (Å²) in [5.41, 5.74) is 1.22. The van der Waals surface area contributed by atoms with Crippen LogP contribution in [0.4, 0.5) is 0 Å². The summed E-state index contributed by atoms with van der Waals surface area (Å²) in [6.45, 7) is 0. The lowest BCUT2D eigenvalue weighted by Gasteiger charge is -2.21. The van der Waals surface area contributed by atoms with Crippen molar-refractivity contribution in [1.82, 2.24) is 10.3 Å². The van der Waals surface area contributed by atoms with Crippen LogP contribution in [0.3, 0.4) is 0 Å². The Balaban J connectivity index is 1.79. The maximum Gasteiger partial charge on any atom is 0.270 e. The van der Waals surface area contributed by atoms with E-state index < -0.39 is 0 Å². The highest BCUT2D eigenvalue weighted by atomic mass is 16.5. The van der Waals surface area contributed by atoms with Crippen LogP contribution in [0.1, 0.15) is 55.4 Å². The van der Waals surface area contributed by atoms with Crippen LogP contribution in [0.25, 0.3) is 10.9 Å². The fourth-order valence-electron chi connectivity index (χ4n) is 3.29. The molecule has 0 atom stereocenters. The molecule has 0 radical (unpaired) electrons. The number of nitrogens with one attached hydrogen (secondary N) is 1. The maximum atomic E-state index is 12.6. The van der Waals surface area contributed by atoms with Crippen molar-refractivity contribution in [1.29, 1.82) is 0 Å². The predicted octanol–water partition coefficient (Wildman–Crippen LogP) is 4.09. The van der Waals surface area contributed by atoms with E-state index in [0.29, 0.717) is 11.4 Å². The van der Waals surface area contributed by atoms with Crippen molar-refractivity contribution in [3.05, 3.63) is 36.0 Å². The number of benzene rings is 1. The fourth-order valence-corrected chi connectivity index (χ4v) is 3.29. The minimum absolute atomic E-state index is 0.0976. The lowest BCUT2D eigenvalue weighted by molar-refractivity contribution is 0.0925. The molecule has 1 saturated carbocycles. The van der Waals surface area contributed by atoms with Gasteiger partial charge in [-0.3, -0.25) is 4.79 Å². The molecule has 0 unspecified atom stereocenters. The molecule has 1 aromatic heterocycles. The quantitative estimate of drug-likeness (QED) is 0.929. The van der Waals surface area contributed by atoms with Crippen molar-refractivity contribution in [3.8, 4) is 5.75 Å². The molecule has 1 aliphatic rings. The predicted molar refractivity (Wildman–Crippen MR) is 91.9 cm³/mol. The van der Waals surface area contributed by atoms with Crippen LogP contribution >= 0.6 is 0 Å². The Morgan fingerprint density at radius 3 is 2.57 bits per heavy atom. The smallest absolute Gasteiger partial charge is 0.270 e. The van der Waals surface area contributed by atoms with Crippen molar-refractivity contribution in [2.24, 2.45) is 0 Å². The van der Waals surface area contributed by atoms with Crippen LogP contribution in [-0.2, 0) is 0 Å². The molecular formula is C19H24N2O2. The number of methoxy groups -OCH3 is 1. The van der Waals surface area contributed by atoms with Gasteiger partial charge in [-0.1, -0.05) is 44.2 Å². The first kappa shape index (κ1) is 15.8. The monoisotopic (exact) mass is 312 g/mol. The minimum Gasteiger partial charge on any atom is -0.496 e. The van der Waals surface area contributed by atoms with E-state index in [-0.39, 0.29) is 11.9 Å². The van der Waals surface area contributed by atoms with Crippen LogP contribution in [0.5, 0.6) is 5.75 Å². The van der Waals surface area contributed by atoms with Crippen molar-refractivity contribution in [2.75, 3.05) is 7.11 Å². The van der Waals surface area contributed by atoms with Gasteiger partial charge in [0.05, 0.1) is 12.6 Å². The molecule has 1 aromatic carbocycles. The summed E-state index contributed by atoms with van der Waals surface area (Å²) in [6, 6.07) is 9.73. The Labute approximate surface area is 137 Å². The second-order valence-electron chi connectivity index (χ2n) is 6.24. The van der Waals surface area contributed by atoms with Gasteiger partial charge in [0.1, 0.15) is 11.4 Å². The first-order valence-electron chi connectivity index (χ1n) is 8.52. The third-order valence-electron chi connectivity index (χ3n) is 4.57. The van der Waals surface area contributed by atoms with Gasteiger partial charge in [-0.25, -0.2) is 4.98 Å². The van der Waals surface area contributed by atoms with Gasteiger partial charge in [-0.15, -0.1) is 0 Å². The number of hydrogen-bond donors (Lipinski definition) is 1. The summed E-state index contributed by atoms with van der Waals surface area (Å²) in [5.74, 6) is 0.595. The molecule has 0 bridgehead atoms. The number of para-hydroxylation sites is 1. The van der Waals surface area contributed by atoms with E-state index in [1.165, 1.54) is 32.1 Å². The van der Waals surface area contributed by atoms with Gasteiger partial charge in [0.2, 0.25) is 0 Å². The summed E-state index contributed by atoms with van der Waals surface area (Å²) in [4.78, 5) is 17.1. The van der Waals surface area contributed by atoms with Gasteiger partial charge >= 0.3 is 0 Å². The zero-order valence-corrected chi connectivity index (χ0v) is 13.7. The van der Waals surface area contributed by atoms with E-state index in [0.717, 1.165) is 23.7 Å². The average Bonchev–Trinajstić information content (AvgIpc) is 2.56. The highest BCUT2D eigenvalue weighted by Gasteiger charge is 2.17. The van der Waals surface area contributed by atoms with E-state index in [9.17, 15) is 4.79 Å². The summed E-state index contributed by atoms with van der Waals surface area (Å²) in [7, 11) is 1.62. The van der Waals surface area contributed by atoms with Crippen LogP contribution in [0.2, 0.25) is 0 Å². The first-order chi connectivity index (χ1) is 11.3. The number of pyridine rings is 1. The topological polar surface area (TPSA) is 51.2 Å². The maximum absolute atomic E-state index is 12.6. The van der Waals surface area contributed by atoms with Crippen LogP contribution in [-0.4, -0.2) is 24.0 Å². The van der Waals surface area contributed by atoms with Gasteiger partial charge in [-0.2, -0.15) is 0 Å². The van der Waals surface area contributed by atoms with E-state index in [1.807, 2.05) is 24.3 Å². The highest BCUT2D eigenvalue weighted by Crippen LogP contribution is 2.25. The number of carbonyl (C=O) groups is 1. The van der Waals surface area contributed by atoms with Crippen LogP contribution in [0.15, 0.2) is 30.3 Å². The molecule has 1 heterocycles.